The first kappa shape index (κ1) is 16.5. The van der Waals surface area contributed by atoms with Gasteiger partial charge in [0.05, 0.1) is 5.52 Å². The average molecular weight is 339 g/mol. The summed E-state index contributed by atoms with van der Waals surface area (Å²) in [5.74, 6) is 0.801. The number of pyridine rings is 1. The number of aromatic nitrogens is 1. The van der Waals surface area contributed by atoms with Crippen LogP contribution < -0.4 is 0 Å². The average Bonchev–Trinajstić information content (AvgIpc) is 2.68. The molecule has 132 valence electrons. The molecule has 4 rings (SSSR count). The summed E-state index contributed by atoms with van der Waals surface area (Å²) in [5.41, 5.74) is 1.43. The molecule has 0 N–H and O–H groups in total. The van der Waals surface area contributed by atoms with Gasteiger partial charge < -0.3 is 9.64 Å². The first-order valence-corrected chi connectivity index (χ1v) is 9.25. The van der Waals surface area contributed by atoms with Gasteiger partial charge in [0.15, 0.2) is 0 Å². The van der Waals surface area contributed by atoms with Gasteiger partial charge in [-0.2, -0.15) is 0 Å². The molecule has 0 unspecified atom stereocenters. The summed E-state index contributed by atoms with van der Waals surface area (Å²) < 4.78 is 5.44. The van der Waals surface area contributed by atoms with E-state index in [0.29, 0.717) is 5.69 Å². The van der Waals surface area contributed by atoms with Gasteiger partial charge >= 0.3 is 0 Å². The highest BCUT2D eigenvalue weighted by Gasteiger charge is 2.25. The minimum Gasteiger partial charge on any atom is -0.381 e. The molecule has 1 amide bonds. The summed E-state index contributed by atoms with van der Waals surface area (Å²) in [7, 11) is 0. The molecule has 2 aromatic rings. The predicted molar refractivity (Wildman–Crippen MR) is 97.6 cm³/mol. The minimum atomic E-state index is 0.0523. The molecule has 0 bridgehead atoms. The number of hydrogen-bond donors (Lipinski definition) is 0. The van der Waals surface area contributed by atoms with E-state index in [4.69, 9.17) is 4.74 Å². The van der Waals surface area contributed by atoms with Crippen molar-refractivity contribution in [2.75, 3.05) is 45.9 Å². The second kappa shape index (κ2) is 7.50. The monoisotopic (exact) mass is 339 g/mol. The van der Waals surface area contributed by atoms with Gasteiger partial charge in [0, 0.05) is 51.3 Å². The molecule has 3 heterocycles. The fraction of sp³-hybridized carbons (Fsp3) is 0.500. The predicted octanol–water partition coefficient (Wildman–Crippen LogP) is 2.42. The number of fused-ring (bicyclic) bond motifs is 1. The van der Waals surface area contributed by atoms with Crippen LogP contribution in [0.3, 0.4) is 0 Å². The number of para-hydroxylation sites is 1. The normalized spacial score (nSPS) is 20.1. The van der Waals surface area contributed by atoms with Gasteiger partial charge in [0.25, 0.3) is 5.91 Å². The van der Waals surface area contributed by atoms with Crippen LogP contribution in [0.1, 0.15) is 23.3 Å². The number of piperazine rings is 1. The topological polar surface area (TPSA) is 45.7 Å². The number of nitrogens with zero attached hydrogens (tertiary/aromatic N) is 3. The Hall–Kier alpha value is -1.98. The minimum absolute atomic E-state index is 0.0523. The van der Waals surface area contributed by atoms with E-state index in [9.17, 15) is 4.79 Å². The van der Waals surface area contributed by atoms with Gasteiger partial charge in [0.1, 0.15) is 5.69 Å². The molecule has 2 saturated heterocycles. The molecule has 5 nitrogen and oxygen atoms in total. The zero-order valence-corrected chi connectivity index (χ0v) is 14.6. The number of benzene rings is 1. The van der Waals surface area contributed by atoms with E-state index in [2.05, 4.69) is 9.88 Å². The van der Waals surface area contributed by atoms with Crippen LogP contribution in [-0.4, -0.2) is 66.6 Å². The SMILES string of the molecule is O=C(c1ccc2ccccc2n1)N1CCN(CC2CCOCC2)CC1. The van der Waals surface area contributed by atoms with Gasteiger partial charge in [0.2, 0.25) is 0 Å². The quantitative estimate of drug-likeness (QED) is 0.862. The van der Waals surface area contributed by atoms with Crippen molar-refractivity contribution in [3.63, 3.8) is 0 Å². The molecule has 0 radical (unpaired) electrons. The molecule has 0 saturated carbocycles. The van der Waals surface area contributed by atoms with Gasteiger partial charge in [-0.3, -0.25) is 9.69 Å². The lowest BCUT2D eigenvalue weighted by Gasteiger charge is -2.37. The van der Waals surface area contributed by atoms with Crippen LogP contribution in [0.25, 0.3) is 10.9 Å². The number of rotatable bonds is 3. The molecule has 1 aromatic carbocycles. The van der Waals surface area contributed by atoms with E-state index in [-0.39, 0.29) is 5.91 Å². The van der Waals surface area contributed by atoms with Crippen molar-refractivity contribution in [2.24, 2.45) is 5.92 Å². The highest BCUT2D eigenvalue weighted by Crippen LogP contribution is 2.18. The number of carbonyl (C=O) groups is 1. The van der Waals surface area contributed by atoms with Crippen LogP contribution in [0.15, 0.2) is 36.4 Å². The standard InChI is InChI=1S/C20H25N3O2/c24-20(19-6-5-17-3-1-2-4-18(17)21-19)23-11-9-22(10-12-23)15-16-7-13-25-14-8-16/h1-6,16H,7-15H2. The van der Waals surface area contributed by atoms with Gasteiger partial charge in [-0.15, -0.1) is 0 Å². The van der Waals surface area contributed by atoms with E-state index in [1.807, 2.05) is 41.3 Å². The van der Waals surface area contributed by atoms with Crippen LogP contribution in [0, 0.1) is 5.92 Å². The highest BCUT2D eigenvalue weighted by atomic mass is 16.5. The maximum Gasteiger partial charge on any atom is 0.272 e. The number of amides is 1. The molecule has 2 aliphatic heterocycles. The van der Waals surface area contributed by atoms with E-state index in [0.717, 1.165) is 62.8 Å². The Morgan fingerprint density at radius 2 is 1.80 bits per heavy atom. The van der Waals surface area contributed by atoms with Gasteiger partial charge in [-0.25, -0.2) is 4.98 Å². The van der Waals surface area contributed by atoms with Crippen LogP contribution in [0.5, 0.6) is 0 Å². The first-order valence-electron chi connectivity index (χ1n) is 9.25. The molecule has 1 aromatic heterocycles. The smallest absolute Gasteiger partial charge is 0.272 e. The van der Waals surface area contributed by atoms with E-state index >= 15 is 0 Å². The third-order valence-corrected chi connectivity index (χ3v) is 5.33. The van der Waals surface area contributed by atoms with Gasteiger partial charge in [-0.05, 0) is 30.9 Å². The molecular formula is C20H25N3O2. The lowest BCUT2D eigenvalue weighted by atomic mass is 9.99. The summed E-state index contributed by atoms with van der Waals surface area (Å²) in [5, 5.41) is 1.07. The Labute approximate surface area is 148 Å². The second-order valence-electron chi connectivity index (χ2n) is 7.04. The van der Waals surface area contributed by atoms with E-state index in [1.54, 1.807) is 0 Å². The molecule has 0 atom stereocenters. The summed E-state index contributed by atoms with van der Waals surface area (Å²) >= 11 is 0. The molecule has 25 heavy (non-hydrogen) atoms. The van der Waals surface area contributed by atoms with E-state index < -0.39 is 0 Å². The highest BCUT2D eigenvalue weighted by molar-refractivity contribution is 5.95. The maximum absolute atomic E-state index is 12.8. The van der Waals surface area contributed by atoms with Crippen molar-refractivity contribution >= 4 is 16.8 Å². The Balaban J connectivity index is 1.35. The fourth-order valence-corrected chi connectivity index (χ4v) is 3.77. The summed E-state index contributed by atoms with van der Waals surface area (Å²) in [6.45, 7) is 6.42. The molecule has 2 aliphatic rings. The summed E-state index contributed by atoms with van der Waals surface area (Å²) in [6, 6.07) is 11.8. The molecule has 0 aliphatic carbocycles. The Morgan fingerprint density at radius 1 is 1.04 bits per heavy atom. The Kier molecular flexibility index (Phi) is 4.95. The van der Waals surface area contributed by atoms with Crippen molar-refractivity contribution in [3.05, 3.63) is 42.1 Å². The number of hydrogen-bond acceptors (Lipinski definition) is 4. The molecule has 5 heteroatoms. The third-order valence-electron chi connectivity index (χ3n) is 5.33. The number of carbonyl (C=O) groups excluding carboxylic acids is 1. The van der Waals surface area contributed by atoms with Crippen molar-refractivity contribution in [1.29, 1.82) is 0 Å². The fourth-order valence-electron chi connectivity index (χ4n) is 3.77. The molecule has 0 spiro atoms. The zero-order chi connectivity index (χ0) is 17.1. The van der Waals surface area contributed by atoms with Crippen LogP contribution in [0.4, 0.5) is 0 Å². The Morgan fingerprint density at radius 3 is 2.60 bits per heavy atom. The second-order valence-corrected chi connectivity index (χ2v) is 7.04. The van der Waals surface area contributed by atoms with Crippen molar-refractivity contribution in [2.45, 2.75) is 12.8 Å². The molecular weight excluding hydrogens is 314 g/mol. The third kappa shape index (κ3) is 3.83. The van der Waals surface area contributed by atoms with Crippen molar-refractivity contribution in [1.82, 2.24) is 14.8 Å². The summed E-state index contributed by atoms with van der Waals surface area (Å²) in [6.07, 6.45) is 2.33. The largest absolute Gasteiger partial charge is 0.381 e. The summed E-state index contributed by atoms with van der Waals surface area (Å²) in [4.78, 5) is 21.7. The number of ether oxygens (including phenoxy) is 1. The lowest BCUT2D eigenvalue weighted by molar-refractivity contribution is 0.0391. The van der Waals surface area contributed by atoms with Crippen LogP contribution in [-0.2, 0) is 4.74 Å². The maximum atomic E-state index is 12.8. The van der Waals surface area contributed by atoms with Gasteiger partial charge in [-0.1, -0.05) is 24.3 Å². The molecule has 2 fully saturated rings. The van der Waals surface area contributed by atoms with Crippen molar-refractivity contribution in [3.8, 4) is 0 Å². The van der Waals surface area contributed by atoms with Crippen LogP contribution in [0.2, 0.25) is 0 Å². The lowest BCUT2D eigenvalue weighted by Crippen LogP contribution is -2.50. The Bertz CT molecular complexity index is 735. The van der Waals surface area contributed by atoms with Crippen molar-refractivity contribution < 1.29 is 9.53 Å². The zero-order valence-electron chi connectivity index (χ0n) is 14.6. The first-order chi connectivity index (χ1) is 12.3. The van der Waals surface area contributed by atoms with E-state index in [1.165, 1.54) is 12.8 Å². The van der Waals surface area contributed by atoms with Crippen LogP contribution >= 0.6 is 0 Å².